The van der Waals surface area contributed by atoms with E-state index in [1.807, 2.05) is 0 Å². The molecule has 0 saturated carbocycles. The van der Waals surface area contributed by atoms with Crippen LogP contribution < -0.4 is 0 Å². The van der Waals surface area contributed by atoms with Crippen LogP contribution in [-0.2, 0) is 4.79 Å². The molecular weight excluding hydrogens is 201 g/mol. The van der Waals surface area contributed by atoms with Gasteiger partial charge in [-0.1, -0.05) is 13.3 Å². The molecule has 0 amide bonds. The topological polar surface area (TPSA) is 57.5 Å². The molecule has 0 aromatic rings. The zero-order valence-electron chi connectivity index (χ0n) is 7.93. The van der Waals surface area contributed by atoms with Crippen LogP contribution >= 0.6 is 0 Å². The Morgan fingerprint density at radius 3 is 2.07 bits per heavy atom. The Hall–Kier alpha value is -0.780. The lowest BCUT2D eigenvalue weighted by molar-refractivity contribution is -0.272. The summed E-state index contributed by atoms with van der Waals surface area (Å²) >= 11 is 0. The second-order valence-electron chi connectivity index (χ2n) is 3.32. The molecule has 0 heterocycles. The van der Waals surface area contributed by atoms with Gasteiger partial charge in [-0.25, -0.2) is 0 Å². The molecule has 0 rings (SSSR count). The molecular formula is C8H13F3O3. The molecule has 0 aliphatic heterocycles. The third-order valence-corrected chi connectivity index (χ3v) is 2.13. The van der Waals surface area contributed by atoms with Crippen molar-refractivity contribution < 1.29 is 28.2 Å². The van der Waals surface area contributed by atoms with Gasteiger partial charge in [0.15, 0.2) is 5.60 Å². The zero-order valence-corrected chi connectivity index (χ0v) is 7.93. The summed E-state index contributed by atoms with van der Waals surface area (Å²) in [5, 5.41) is 17.6. The van der Waals surface area contributed by atoms with E-state index < -0.39 is 23.7 Å². The van der Waals surface area contributed by atoms with Crippen LogP contribution in [0.15, 0.2) is 0 Å². The average Bonchev–Trinajstić information content (AvgIpc) is 1.96. The van der Waals surface area contributed by atoms with Crippen molar-refractivity contribution in [3.8, 4) is 0 Å². The summed E-state index contributed by atoms with van der Waals surface area (Å²) in [6, 6.07) is 0. The summed E-state index contributed by atoms with van der Waals surface area (Å²) in [6.07, 6.45) is -4.86. The van der Waals surface area contributed by atoms with Crippen LogP contribution in [-0.4, -0.2) is 28.0 Å². The summed E-state index contributed by atoms with van der Waals surface area (Å²) < 4.78 is 36.8. The summed E-state index contributed by atoms with van der Waals surface area (Å²) in [6.45, 7) is 2.05. The van der Waals surface area contributed by atoms with Gasteiger partial charge in [0, 0.05) is 0 Å². The maximum atomic E-state index is 12.3. The van der Waals surface area contributed by atoms with Crippen molar-refractivity contribution in [2.45, 2.75) is 38.5 Å². The van der Waals surface area contributed by atoms with E-state index in [0.29, 0.717) is 6.92 Å². The number of aliphatic carboxylic acids is 1. The molecule has 0 aliphatic carbocycles. The normalized spacial score (nSPS) is 18.7. The maximum absolute atomic E-state index is 12.3. The van der Waals surface area contributed by atoms with E-state index >= 15 is 0 Å². The van der Waals surface area contributed by atoms with E-state index in [2.05, 4.69) is 0 Å². The van der Waals surface area contributed by atoms with Crippen molar-refractivity contribution in [1.82, 2.24) is 0 Å². The van der Waals surface area contributed by atoms with E-state index in [1.54, 1.807) is 6.92 Å². The molecule has 0 aromatic heterocycles. The Morgan fingerprint density at radius 2 is 1.86 bits per heavy atom. The van der Waals surface area contributed by atoms with E-state index in [4.69, 9.17) is 10.2 Å². The third-order valence-electron chi connectivity index (χ3n) is 2.13. The summed E-state index contributed by atoms with van der Waals surface area (Å²) in [5.74, 6) is -3.44. The van der Waals surface area contributed by atoms with Crippen molar-refractivity contribution in [3.05, 3.63) is 0 Å². The molecule has 0 aliphatic rings. The molecule has 3 nitrogen and oxygen atoms in total. The molecule has 14 heavy (non-hydrogen) atoms. The first-order chi connectivity index (χ1) is 6.14. The molecule has 0 fully saturated rings. The fourth-order valence-electron chi connectivity index (χ4n) is 1.13. The van der Waals surface area contributed by atoms with Gasteiger partial charge in [0.2, 0.25) is 0 Å². The lowest BCUT2D eigenvalue weighted by atomic mass is 9.85. The number of hydrogen-bond acceptors (Lipinski definition) is 2. The van der Waals surface area contributed by atoms with Crippen LogP contribution in [0.3, 0.4) is 0 Å². The van der Waals surface area contributed by atoms with E-state index in [9.17, 15) is 18.0 Å². The number of carboxylic acids is 1. The highest BCUT2D eigenvalue weighted by Gasteiger charge is 2.56. The third kappa shape index (κ3) is 2.60. The van der Waals surface area contributed by atoms with Crippen molar-refractivity contribution in [1.29, 1.82) is 0 Å². The quantitative estimate of drug-likeness (QED) is 0.750. The van der Waals surface area contributed by atoms with Gasteiger partial charge in [0.1, 0.15) is 0 Å². The van der Waals surface area contributed by atoms with Crippen LogP contribution in [0, 0.1) is 5.92 Å². The van der Waals surface area contributed by atoms with Gasteiger partial charge in [-0.2, -0.15) is 13.2 Å². The molecule has 0 aromatic carbocycles. The maximum Gasteiger partial charge on any atom is 0.417 e. The molecule has 84 valence electrons. The van der Waals surface area contributed by atoms with Crippen LogP contribution in [0.2, 0.25) is 0 Å². The fraction of sp³-hybridized carbons (Fsp3) is 0.875. The predicted octanol–water partition coefficient (Wildman–Crippen LogP) is 1.80. The van der Waals surface area contributed by atoms with Gasteiger partial charge in [0.05, 0.1) is 5.92 Å². The molecule has 2 unspecified atom stereocenters. The van der Waals surface area contributed by atoms with Crippen molar-refractivity contribution in [2.24, 2.45) is 5.92 Å². The first-order valence-corrected chi connectivity index (χ1v) is 4.16. The Kier molecular flexibility index (Phi) is 3.93. The molecule has 2 atom stereocenters. The zero-order chi connectivity index (χ0) is 11.6. The number of carbonyl (C=O) groups is 1. The number of aliphatic hydroxyl groups is 1. The van der Waals surface area contributed by atoms with E-state index in [1.165, 1.54) is 0 Å². The van der Waals surface area contributed by atoms with Gasteiger partial charge < -0.3 is 10.2 Å². The highest BCUT2D eigenvalue weighted by Crippen LogP contribution is 2.38. The molecule has 0 saturated heterocycles. The minimum absolute atomic E-state index is 0.207. The largest absolute Gasteiger partial charge is 0.481 e. The van der Waals surface area contributed by atoms with Crippen molar-refractivity contribution in [3.63, 3.8) is 0 Å². The lowest BCUT2D eigenvalue weighted by Crippen LogP contribution is -2.51. The van der Waals surface area contributed by atoms with Gasteiger partial charge >= 0.3 is 12.1 Å². The SMILES string of the molecule is CCCC(C(=O)O)C(C)(O)C(F)(F)F. The van der Waals surface area contributed by atoms with E-state index in [-0.39, 0.29) is 12.8 Å². The first kappa shape index (κ1) is 13.2. The highest BCUT2D eigenvalue weighted by molar-refractivity contribution is 5.71. The smallest absolute Gasteiger partial charge is 0.417 e. The average molecular weight is 214 g/mol. The lowest BCUT2D eigenvalue weighted by Gasteiger charge is -2.31. The predicted molar refractivity (Wildman–Crippen MR) is 42.7 cm³/mol. The number of carboxylic acid groups (broad SMARTS) is 1. The van der Waals surface area contributed by atoms with Crippen molar-refractivity contribution >= 4 is 5.97 Å². The van der Waals surface area contributed by atoms with Gasteiger partial charge in [-0.05, 0) is 13.3 Å². The van der Waals surface area contributed by atoms with Crippen LogP contribution in [0.4, 0.5) is 13.2 Å². The Labute approximate surface area is 79.5 Å². The standard InChI is InChI=1S/C8H13F3O3/c1-3-4-5(6(12)13)7(2,14)8(9,10)11/h5,14H,3-4H2,1-2H3,(H,12,13). The van der Waals surface area contributed by atoms with Crippen molar-refractivity contribution in [2.75, 3.05) is 0 Å². The Balaban J connectivity index is 4.90. The van der Waals surface area contributed by atoms with Gasteiger partial charge in [-0.15, -0.1) is 0 Å². The first-order valence-electron chi connectivity index (χ1n) is 4.16. The second-order valence-corrected chi connectivity index (χ2v) is 3.32. The number of rotatable bonds is 4. The molecule has 0 radical (unpaired) electrons. The molecule has 0 bridgehead atoms. The molecule has 6 heteroatoms. The molecule has 0 spiro atoms. The highest BCUT2D eigenvalue weighted by atomic mass is 19.4. The van der Waals surface area contributed by atoms with E-state index in [0.717, 1.165) is 0 Å². The summed E-state index contributed by atoms with van der Waals surface area (Å²) in [4.78, 5) is 10.5. The Bertz CT molecular complexity index is 210. The number of alkyl halides is 3. The number of hydrogen-bond donors (Lipinski definition) is 2. The Morgan fingerprint density at radius 1 is 1.43 bits per heavy atom. The minimum atomic E-state index is -4.93. The monoisotopic (exact) mass is 214 g/mol. The number of halogens is 3. The molecule has 2 N–H and O–H groups in total. The van der Waals surface area contributed by atoms with Gasteiger partial charge in [0.25, 0.3) is 0 Å². The minimum Gasteiger partial charge on any atom is -0.481 e. The summed E-state index contributed by atoms with van der Waals surface area (Å²) in [7, 11) is 0. The fourth-order valence-corrected chi connectivity index (χ4v) is 1.13. The van der Waals surface area contributed by atoms with Gasteiger partial charge in [-0.3, -0.25) is 4.79 Å². The summed E-state index contributed by atoms with van der Waals surface area (Å²) in [5.41, 5.74) is -3.17. The van der Waals surface area contributed by atoms with Crippen LogP contribution in [0.5, 0.6) is 0 Å². The van der Waals surface area contributed by atoms with Crippen LogP contribution in [0.25, 0.3) is 0 Å². The van der Waals surface area contributed by atoms with Crippen LogP contribution in [0.1, 0.15) is 26.7 Å². The second kappa shape index (κ2) is 4.16.